The van der Waals surface area contributed by atoms with Gasteiger partial charge < -0.3 is 9.64 Å². The molecule has 3 aromatic carbocycles. The molecule has 7 heteroatoms. The second kappa shape index (κ2) is 10.4. The fourth-order valence-electron chi connectivity index (χ4n) is 3.33. The van der Waals surface area contributed by atoms with Crippen LogP contribution in [0.2, 0.25) is 0 Å². The number of rotatable bonds is 9. The van der Waals surface area contributed by atoms with E-state index in [2.05, 4.69) is 6.58 Å². The van der Waals surface area contributed by atoms with E-state index in [9.17, 15) is 13.2 Å². The van der Waals surface area contributed by atoms with Crippen LogP contribution in [-0.2, 0) is 16.6 Å². The van der Waals surface area contributed by atoms with Crippen molar-refractivity contribution in [2.45, 2.75) is 18.4 Å². The van der Waals surface area contributed by atoms with Crippen molar-refractivity contribution in [2.75, 3.05) is 25.0 Å². The number of amides is 1. The fourth-order valence-corrected chi connectivity index (χ4v) is 4.53. The van der Waals surface area contributed by atoms with E-state index in [1.807, 2.05) is 31.2 Å². The van der Waals surface area contributed by atoms with Gasteiger partial charge in [-0.25, -0.2) is 8.42 Å². The summed E-state index contributed by atoms with van der Waals surface area (Å²) in [6.07, 6.45) is 1.68. The first kappa shape index (κ1) is 24.1. The SMILES string of the molecule is C=CCN(Cc1ccc(OC)cc1)C(=O)c1ccc(N(C)S(=O)(=O)c2ccc(C)cc2)cc1. The molecule has 0 heterocycles. The molecule has 3 aromatic rings. The molecule has 33 heavy (non-hydrogen) atoms. The largest absolute Gasteiger partial charge is 0.497 e. The number of sulfonamides is 1. The van der Waals surface area contributed by atoms with Crippen LogP contribution in [0.5, 0.6) is 5.75 Å². The van der Waals surface area contributed by atoms with Gasteiger partial charge in [-0.2, -0.15) is 0 Å². The Kier molecular flexibility index (Phi) is 7.55. The molecule has 6 nitrogen and oxygen atoms in total. The maximum atomic E-state index is 13.1. The lowest BCUT2D eigenvalue weighted by molar-refractivity contribution is 0.0762. The molecule has 0 bridgehead atoms. The number of aryl methyl sites for hydroxylation is 1. The number of methoxy groups -OCH3 is 1. The average molecular weight is 465 g/mol. The molecule has 0 spiro atoms. The van der Waals surface area contributed by atoms with Gasteiger partial charge in [0.15, 0.2) is 0 Å². The Morgan fingerprint density at radius 2 is 1.58 bits per heavy atom. The first-order chi connectivity index (χ1) is 15.8. The second-order valence-corrected chi connectivity index (χ2v) is 9.62. The van der Waals surface area contributed by atoms with Gasteiger partial charge in [-0.05, 0) is 61.0 Å². The van der Waals surface area contributed by atoms with Gasteiger partial charge in [0.1, 0.15) is 5.75 Å². The number of hydrogen-bond acceptors (Lipinski definition) is 4. The van der Waals surface area contributed by atoms with E-state index in [0.717, 1.165) is 16.9 Å². The Hall–Kier alpha value is -3.58. The van der Waals surface area contributed by atoms with Crippen LogP contribution in [-0.4, -0.2) is 39.9 Å². The summed E-state index contributed by atoms with van der Waals surface area (Å²) in [6, 6.07) is 20.8. The number of benzene rings is 3. The summed E-state index contributed by atoms with van der Waals surface area (Å²) in [7, 11) is -0.592. The molecule has 0 aromatic heterocycles. The number of hydrogen-bond donors (Lipinski definition) is 0. The van der Waals surface area contributed by atoms with Crippen LogP contribution >= 0.6 is 0 Å². The highest BCUT2D eigenvalue weighted by Gasteiger charge is 2.22. The molecule has 0 aliphatic carbocycles. The van der Waals surface area contributed by atoms with Crippen molar-refractivity contribution < 1.29 is 17.9 Å². The second-order valence-electron chi connectivity index (χ2n) is 7.65. The number of anilines is 1. The van der Waals surface area contributed by atoms with Crippen LogP contribution in [0.15, 0.2) is 90.3 Å². The van der Waals surface area contributed by atoms with Crippen molar-refractivity contribution in [1.29, 1.82) is 0 Å². The Bertz CT molecular complexity index is 1200. The molecular formula is C26H28N2O4S. The van der Waals surface area contributed by atoms with Crippen LogP contribution in [0.25, 0.3) is 0 Å². The first-order valence-electron chi connectivity index (χ1n) is 10.4. The summed E-state index contributed by atoms with van der Waals surface area (Å²) in [5, 5.41) is 0. The molecule has 0 saturated heterocycles. The van der Waals surface area contributed by atoms with Crippen LogP contribution in [0.3, 0.4) is 0 Å². The summed E-state index contributed by atoms with van der Waals surface area (Å²) in [5.74, 6) is 0.585. The molecular weight excluding hydrogens is 436 g/mol. The molecule has 0 atom stereocenters. The summed E-state index contributed by atoms with van der Waals surface area (Å²) in [5.41, 5.74) is 2.89. The maximum Gasteiger partial charge on any atom is 0.264 e. The van der Waals surface area contributed by atoms with Crippen molar-refractivity contribution in [3.05, 3.63) is 102 Å². The van der Waals surface area contributed by atoms with Gasteiger partial charge in [0.25, 0.3) is 15.9 Å². The number of carbonyl (C=O) groups excluding carboxylic acids is 1. The third kappa shape index (κ3) is 5.62. The normalized spacial score (nSPS) is 11.0. The fraction of sp³-hybridized carbons (Fsp3) is 0.192. The Morgan fingerprint density at radius 1 is 0.970 bits per heavy atom. The van der Waals surface area contributed by atoms with Gasteiger partial charge in [0.2, 0.25) is 0 Å². The molecule has 0 saturated carbocycles. The average Bonchev–Trinajstić information content (AvgIpc) is 2.83. The Balaban J connectivity index is 1.78. The highest BCUT2D eigenvalue weighted by molar-refractivity contribution is 7.92. The summed E-state index contributed by atoms with van der Waals surface area (Å²) < 4.78 is 32.3. The molecule has 0 unspecified atom stereocenters. The lowest BCUT2D eigenvalue weighted by Crippen LogP contribution is -2.31. The van der Waals surface area contributed by atoms with Gasteiger partial charge >= 0.3 is 0 Å². The number of ether oxygens (including phenoxy) is 1. The minimum Gasteiger partial charge on any atom is -0.497 e. The van der Waals surface area contributed by atoms with E-state index in [1.54, 1.807) is 66.6 Å². The number of carbonyl (C=O) groups is 1. The monoisotopic (exact) mass is 464 g/mol. The molecule has 0 fully saturated rings. The quantitative estimate of drug-likeness (QED) is 0.432. The van der Waals surface area contributed by atoms with Gasteiger partial charge in [-0.3, -0.25) is 9.10 Å². The highest BCUT2D eigenvalue weighted by Crippen LogP contribution is 2.23. The summed E-state index contributed by atoms with van der Waals surface area (Å²) in [6.45, 7) is 6.46. The van der Waals surface area contributed by atoms with Crippen LogP contribution in [0, 0.1) is 6.92 Å². The minimum absolute atomic E-state index is 0.165. The zero-order valence-electron chi connectivity index (χ0n) is 19.1. The molecule has 0 aliphatic rings. The van der Waals surface area contributed by atoms with E-state index in [0.29, 0.717) is 24.3 Å². The smallest absolute Gasteiger partial charge is 0.264 e. The zero-order chi connectivity index (χ0) is 24.0. The van der Waals surface area contributed by atoms with Gasteiger partial charge in [0, 0.05) is 25.7 Å². The number of nitrogens with zero attached hydrogens (tertiary/aromatic N) is 2. The topological polar surface area (TPSA) is 66.9 Å². The van der Waals surface area contributed by atoms with Crippen LogP contribution < -0.4 is 9.04 Å². The van der Waals surface area contributed by atoms with E-state index in [1.165, 1.54) is 11.4 Å². The molecule has 1 amide bonds. The van der Waals surface area contributed by atoms with Gasteiger partial charge in [0.05, 0.1) is 17.7 Å². The highest BCUT2D eigenvalue weighted by atomic mass is 32.2. The van der Waals surface area contributed by atoms with Crippen molar-refractivity contribution in [2.24, 2.45) is 0 Å². The van der Waals surface area contributed by atoms with E-state index in [4.69, 9.17) is 4.74 Å². The maximum absolute atomic E-state index is 13.1. The van der Waals surface area contributed by atoms with Gasteiger partial charge in [-0.15, -0.1) is 6.58 Å². The van der Waals surface area contributed by atoms with Crippen molar-refractivity contribution in [1.82, 2.24) is 4.90 Å². The zero-order valence-corrected chi connectivity index (χ0v) is 19.9. The first-order valence-corrected chi connectivity index (χ1v) is 11.9. The Labute approximate surface area is 195 Å². The lowest BCUT2D eigenvalue weighted by Gasteiger charge is -2.23. The molecule has 0 aliphatic heterocycles. The van der Waals surface area contributed by atoms with Crippen LogP contribution in [0.1, 0.15) is 21.5 Å². The third-order valence-corrected chi connectivity index (χ3v) is 7.13. The van der Waals surface area contributed by atoms with E-state index >= 15 is 0 Å². The Morgan fingerprint density at radius 3 is 2.12 bits per heavy atom. The van der Waals surface area contributed by atoms with E-state index in [-0.39, 0.29) is 10.8 Å². The molecule has 0 radical (unpaired) electrons. The van der Waals surface area contributed by atoms with E-state index < -0.39 is 10.0 Å². The lowest BCUT2D eigenvalue weighted by atomic mass is 10.1. The third-order valence-electron chi connectivity index (χ3n) is 5.33. The van der Waals surface area contributed by atoms with Crippen molar-refractivity contribution in [3.8, 4) is 5.75 Å². The predicted molar refractivity (Wildman–Crippen MR) is 131 cm³/mol. The molecule has 3 rings (SSSR count). The standard InChI is InChI=1S/C26H28N2O4S/c1-5-18-28(19-21-8-14-24(32-4)15-9-21)26(29)22-10-12-23(13-11-22)27(3)33(30,31)25-16-6-20(2)7-17-25/h5-17H,1,18-19H2,2-4H3. The molecule has 0 N–H and O–H groups in total. The minimum atomic E-state index is -3.70. The van der Waals surface area contributed by atoms with Gasteiger partial charge in [-0.1, -0.05) is 35.9 Å². The molecule has 172 valence electrons. The van der Waals surface area contributed by atoms with Crippen LogP contribution in [0.4, 0.5) is 5.69 Å². The predicted octanol–water partition coefficient (Wildman–Crippen LogP) is 4.66. The summed E-state index contributed by atoms with van der Waals surface area (Å²) >= 11 is 0. The summed E-state index contributed by atoms with van der Waals surface area (Å²) in [4.78, 5) is 15.0. The van der Waals surface area contributed by atoms with Crippen molar-refractivity contribution >= 4 is 21.6 Å². The van der Waals surface area contributed by atoms with Crippen molar-refractivity contribution in [3.63, 3.8) is 0 Å².